The van der Waals surface area contributed by atoms with Crippen molar-refractivity contribution < 1.29 is 4.79 Å². The van der Waals surface area contributed by atoms with Gasteiger partial charge in [-0.1, -0.05) is 85.5 Å². The zero-order valence-electron chi connectivity index (χ0n) is 11.7. The van der Waals surface area contributed by atoms with Gasteiger partial charge in [0, 0.05) is 5.92 Å². The topological polar surface area (TPSA) is 17.1 Å². The maximum absolute atomic E-state index is 10.9. The number of rotatable bonds is 12. The molecule has 0 bridgehead atoms. The van der Waals surface area contributed by atoms with Gasteiger partial charge in [-0.2, -0.15) is 0 Å². The Bertz CT molecular complexity index is 180. The molecule has 0 saturated heterocycles. The van der Waals surface area contributed by atoms with E-state index in [9.17, 15) is 4.79 Å². The minimum absolute atomic E-state index is 0. The normalized spacial score (nSPS) is 11.9. The first-order valence-electron chi connectivity index (χ1n) is 7.41. The Hall–Kier alpha value is 0.0200. The van der Waals surface area contributed by atoms with Gasteiger partial charge in [-0.3, -0.25) is 4.79 Å². The van der Waals surface area contributed by atoms with Crippen molar-refractivity contribution in [2.24, 2.45) is 5.92 Å². The highest BCUT2D eigenvalue weighted by Gasteiger charge is 2.06. The Morgan fingerprint density at radius 1 is 0.889 bits per heavy atom. The fourth-order valence-corrected chi connectivity index (χ4v) is 2.19. The van der Waals surface area contributed by atoms with Crippen LogP contribution in [0.5, 0.6) is 0 Å². The molecular formula is C16H34OS. The third-order valence-electron chi connectivity index (χ3n) is 3.41. The van der Waals surface area contributed by atoms with Crippen LogP contribution in [0.4, 0.5) is 0 Å². The third-order valence-corrected chi connectivity index (χ3v) is 3.85. The molecule has 0 aliphatic carbocycles. The molecule has 0 spiro atoms. The largest absolute Gasteiger partial charge is 0.287 e. The summed E-state index contributed by atoms with van der Waals surface area (Å²) in [5, 5.41) is 0.0425. The first-order valence-corrected chi connectivity index (χ1v) is 7.86. The SMILES string of the molecule is C.CCCCCCCCCCCCC(C)C(=O)S. The number of carbonyl (C=O) groups is 1. The first kappa shape index (κ1) is 20.3. The van der Waals surface area contributed by atoms with Gasteiger partial charge in [0.2, 0.25) is 0 Å². The fourth-order valence-electron chi connectivity index (χ4n) is 2.06. The lowest BCUT2D eigenvalue weighted by Gasteiger charge is -2.06. The lowest BCUT2D eigenvalue weighted by atomic mass is 10.0. The molecule has 0 aromatic carbocycles. The molecule has 2 heteroatoms. The Kier molecular flexibility index (Phi) is 17.0. The van der Waals surface area contributed by atoms with E-state index in [0.717, 1.165) is 6.42 Å². The van der Waals surface area contributed by atoms with Crippen molar-refractivity contribution in [1.82, 2.24) is 0 Å². The lowest BCUT2D eigenvalue weighted by Crippen LogP contribution is -2.03. The Labute approximate surface area is 121 Å². The zero-order chi connectivity index (χ0) is 12.9. The summed E-state index contributed by atoms with van der Waals surface area (Å²) in [6.45, 7) is 4.24. The van der Waals surface area contributed by atoms with Gasteiger partial charge in [0.15, 0.2) is 5.12 Å². The molecule has 0 heterocycles. The number of thiol groups is 1. The summed E-state index contributed by atoms with van der Waals surface area (Å²) in [5.74, 6) is 0.146. The van der Waals surface area contributed by atoms with Gasteiger partial charge in [0.1, 0.15) is 0 Å². The molecule has 18 heavy (non-hydrogen) atoms. The molecule has 0 aromatic heterocycles. The molecule has 0 saturated carbocycles. The van der Waals surface area contributed by atoms with Crippen molar-refractivity contribution in [3.63, 3.8) is 0 Å². The number of hydrogen-bond acceptors (Lipinski definition) is 1. The van der Waals surface area contributed by atoms with E-state index in [1.807, 2.05) is 6.92 Å². The van der Waals surface area contributed by atoms with E-state index in [0.29, 0.717) is 0 Å². The molecule has 0 aliphatic rings. The molecule has 0 radical (unpaired) electrons. The summed E-state index contributed by atoms with van der Waals surface area (Å²) >= 11 is 3.85. The molecule has 0 rings (SSSR count). The average molecular weight is 275 g/mol. The van der Waals surface area contributed by atoms with Crippen LogP contribution in [0.15, 0.2) is 0 Å². The monoisotopic (exact) mass is 274 g/mol. The molecule has 0 fully saturated rings. The molecule has 0 amide bonds. The van der Waals surface area contributed by atoms with Crippen LogP contribution < -0.4 is 0 Å². The highest BCUT2D eigenvalue weighted by atomic mass is 32.1. The van der Waals surface area contributed by atoms with Crippen molar-refractivity contribution in [1.29, 1.82) is 0 Å². The molecule has 0 aromatic rings. The van der Waals surface area contributed by atoms with Crippen LogP contribution in [0.1, 0.15) is 91.9 Å². The molecule has 0 N–H and O–H groups in total. The minimum Gasteiger partial charge on any atom is -0.287 e. The van der Waals surface area contributed by atoms with E-state index in [1.54, 1.807) is 0 Å². The van der Waals surface area contributed by atoms with Gasteiger partial charge in [0.25, 0.3) is 0 Å². The highest BCUT2D eigenvalue weighted by Crippen LogP contribution is 2.14. The molecule has 110 valence electrons. The summed E-state index contributed by atoms with van der Waals surface area (Å²) in [7, 11) is 0. The van der Waals surface area contributed by atoms with Gasteiger partial charge >= 0.3 is 0 Å². The molecule has 1 nitrogen and oxygen atoms in total. The Balaban J connectivity index is 0. The maximum Gasteiger partial charge on any atom is 0.188 e. The van der Waals surface area contributed by atoms with Crippen LogP contribution in [-0.4, -0.2) is 5.12 Å². The van der Waals surface area contributed by atoms with Crippen molar-refractivity contribution in [2.45, 2.75) is 91.9 Å². The van der Waals surface area contributed by atoms with Gasteiger partial charge in [0.05, 0.1) is 0 Å². The van der Waals surface area contributed by atoms with E-state index < -0.39 is 0 Å². The fraction of sp³-hybridized carbons (Fsp3) is 0.938. The second kappa shape index (κ2) is 15.1. The van der Waals surface area contributed by atoms with Gasteiger partial charge in [-0.25, -0.2) is 0 Å². The smallest absolute Gasteiger partial charge is 0.188 e. The van der Waals surface area contributed by atoms with Crippen LogP contribution >= 0.6 is 12.6 Å². The van der Waals surface area contributed by atoms with Gasteiger partial charge in [-0.15, -0.1) is 12.6 Å². The summed E-state index contributed by atoms with van der Waals surface area (Å²) in [6, 6.07) is 0. The molecule has 1 atom stereocenters. The summed E-state index contributed by atoms with van der Waals surface area (Å²) in [6.07, 6.45) is 14.5. The number of unbranched alkanes of at least 4 members (excludes halogenated alkanes) is 9. The Morgan fingerprint density at radius 3 is 1.67 bits per heavy atom. The van der Waals surface area contributed by atoms with Crippen LogP contribution in [0.2, 0.25) is 0 Å². The van der Waals surface area contributed by atoms with E-state index in [1.165, 1.54) is 64.2 Å². The first-order chi connectivity index (χ1) is 8.18. The van der Waals surface area contributed by atoms with Gasteiger partial charge in [-0.05, 0) is 6.42 Å². The van der Waals surface area contributed by atoms with Crippen LogP contribution in [0.25, 0.3) is 0 Å². The van der Waals surface area contributed by atoms with Gasteiger partial charge < -0.3 is 0 Å². The maximum atomic E-state index is 10.9. The van der Waals surface area contributed by atoms with Crippen molar-refractivity contribution in [3.8, 4) is 0 Å². The van der Waals surface area contributed by atoms with E-state index in [2.05, 4.69) is 19.6 Å². The molecule has 1 unspecified atom stereocenters. The highest BCUT2D eigenvalue weighted by molar-refractivity contribution is 7.96. The minimum atomic E-state index is 0. The molecule has 0 aliphatic heterocycles. The van der Waals surface area contributed by atoms with E-state index in [-0.39, 0.29) is 18.5 Å². The van der Waals surface area contributed by atoms with E-state index >= 15 is 0 Å². The quantitative estimate of drug-likeness (QED) is 0.340. The number of carbonyl (C=O) groups excluding carboxylic acids is 1. The predicted octanol–water partition coefficient (Wildman–Crippen LogP) is 6.03. The third kappa shape index (κ3) is 14.1. The average Bonchev–Trinajstić information content (AvgIpc) is 2.31. The van der Waals surface area contributed by atoms with Crippen molar-refractivity contribution >= 4 is 17.7 Å². The van der Waals surface area contributed by atoms with Crippen molar-refractivity contribution in [2.75, 3.05) is 0 Å². The second-order valence-electron chi connectivity index (χ2n) is 5.21. The van der Waals surface area contributed by atoms with Crippen molar-refractivity contribution in [3.05, 3.63) is 0 Å². The van der Waals surface area contributed by atoms with Crippen LogP contribution in [-0.2, 0) is 4.79 Å². The second-order valence-corrected chi connectivity index (χ2v) is 5.65. The predicted molar refractivity (Wildman–Crippen MR) is 86.3 cm³/mol. The summed E-state index contributed by atoms with van der Waals surface area (Å²) in [5.41, 5.74) is 0. The van der Waals surface area contributed by atoms with Crippen LogP contribution in [0.3, 0.4) is 0 Å². The summed E-state index contributed by atoms with van der Waals surface area (Å²) < 4.78 is 0. The zero-order valence-corrected chi connectivity index (χ0v) is 12.6. The van der Waals surface area contributed by atoms with E-state index in [4.69, 9.17) is 0 Å². The lowest BCUT2D eigenvalue weighted by molar-refractivity contribution is -0.113. The number of hydrogen-bond donors (Lipinski definition) is 1. The Morgan fingerprint density at radius 2 is 1.28 bits per heavy atom. The molecular weight excluding hydrogens is 240 g/mol. The standard InChI is InChI=1S/C15H30OS.CH4/c1-3-4-5-6-7-8-9-10-11-12-13-14(2)15(16)17;/h14H,3-13H2,1-2H3,(H,16,17);1H4. The van der Waals surface area contributed by atoms with Crippen LogP contribution in [0, 0.1) is 5.92 Å². The summed E-state index contributed by atoms with van der Waals surface area (Å²) in [4.78, 5) is 10.9.